The molecule has 0 aromatic carbocycles. The van der Waals surface area contributed by atoms with Crippen molar-refractivity contribution in [3.05, 3.63) is 21.7 Å². The van der Waals surface area contributed by atoms with Gasteiger partial charge in [0, 0.05) is 19.1 Å². The molecule has 0 spiro atoms. The van der Waals surface area contributed by atoms with Gasteiger partial charge in [0.1, 0.15) is 5.71 Å². The first-order chi connectivity index (χ1) is 12.0. The summed E-state index contributed by atoms with van der Waals surface area (Å²) >= 11 is 0. The van der Waals surface area contributed by atoms with Crippen molar-refractivity contribution in [1.82, 2.24) is 4.90 Å². The molecule has 1 saturated heterocycles. The zero-order valence-electron chi connectivity index (χ0n) is 14.9. The van der Waals surface area contributed by atoms with Gasteiger partial charge in [-0.2, -0.15) is 0 Å². The van der Waals surface area contributed by atoms with Crippen LogP contribution in [0.15, 0.2) is 16.6 Å². The molecule has 0 aromatic heterocycles. The lowest BCUT2D eigenvalue weighted by Gasteiger charge is -2.32. The van der Waals surface area contributed by atoms with Crippen LogP contribution < -0.4 is 11.5 Å². The van der Waals surface area contributed by atoms with Gasteiger partial charge in [0.05, 0.1) is 30.8 Å². The third-order valence-corrected chi connectivity index (χ3v) is 4.68. The van der Waals surface area contributed by atoms with Crippen LogP contribution in [0.25, 0.3) is 0 Å². The van der Waals surface area contributed by atoms with Crippen molar-refractivity contribution in [2.24, 2.45) is 16.5 Å². The highest BCUT2D eigenvalue weighted by molar-refractivity contribution is 5.96. The molecule has 25 heavy (non-hydrogen) atoms. The van der Waals surface area contributed by atoms with Crippen LogP contribution in [-0.4, -0.2) is 67.1 Å². The van der Waals surface area contributed by atoms with Gasteiger partial charge in [-0.05, 0) is 39.2 Å². The zero-order valence-corrected chi connectivity index (χ0v) is 14.9. The van der Waals surface area contributed by atoms with Gasteiger partial charge in [0.2, 0.25) is 0 Å². The topological polar surface area (TPSA) is 129 Å². The number of morpholine rings is 1. The van der Waals surface area contributed by atoms with Crippen LogP contribution >= 0.6 is 0 Å². The Kier molecular flexibility index (Phi) is 7.60. The molecular formula is C16H29N5O4. The molecule has 142 valence electrons. The standard InChI is InChI=1S/C16H29N5O4/c1-12(15(21(22)23)16(18)25-8-2-5-17)19-13-3-4-14(11-13)20-6-9-24-10-7-20/h13-14H,2-11,17-18H2,1H3. The second kappa shape index (κ2) is 9.69. The highest BCUT2D eigenvalue weighted by atomic mass is 16.6. The summed E-state index contributed by atoms with van der Waals surface area (Å²) < 4.78 is 10.6. The first kappa shape index (κ1) is 19.6. The lowest BCUT2D eigenvalue weighted by molar-refractivity contribution is -0.418. The number of allylic oxidation sites excluding steroid dienone is 1. The molecule has 2 unspecified atom stereocenters. The first-order valence-electron chi connectivity index (χ1n) is 8.86. The van der Waals surface area contributed by atoms with E-state index in [1.807, 2.05) is 0 Å². The van der Waals surface area contributed by atoms with E-state index in [9.17, 15) is 10.1 Å². The summed E-state index contributed by atoms with van der Waals surface area (Å²) in [6.45, 7) is 5.76. The molecule has 0 radical (unpaired) electrons. The summed E-state index contributed by atoms with van der Waals surface area (Å²) in [6.07, 6.45) is 3.49. The minimum Gasteiger partial charge on any atom is -0.474 e. The molecule has 9 heteroatoms. The zero-order chi connectivity index (χ0) is 18.2. The van der Waals surface area contributed by atoms with Crippen molar-refractivity contribution in [2.75, 3.05) is 39.5 Å². The Morgan fingerprint density at radius 3 is 2.76 bits per heavy atom. The molecule has 1 saturated carbocycles. The summed E-state index contributed by atoms with van der Waals surface area (Å²) in [4.78, 5) is 17.8. The maximum absolute atomic E-state index is 11.4. The molecule has 1 aliphatic carbocycles. The third kappa shape index (κ3) is 5.65. The average Bonchev–Trinajstić information content (AvgIpc) is 3.04. The van der Waals surface area contributed by atoms with E-state index in [0.717, 1.165) is 45.6 Å². The lowest BCUT2D eigenvalue weighted by Crippen LogP contribution is -2.42. The summed E-state index contributed by atoms with van der Waals surface area (Å²) in [5.74, 6) is -0.192. The quantitative estimate of drug-likeness (QED) is 0.213. The first-order valence-corrected chi connectivity index (χ1v) is 8.86. The predicted octanol–water partition coefficient (Wildman–Crippen LogP) is 0.471. The number of rotatable bonds is 8. The van der Waals surface area contributed by atoms with Crippen molar-refractivity contribution in [2.45, 2.75) is 44.7 Å². The van der Waals surface area contributed by atoms with Crippen LogP contribution in [0.1, 0.15) is 32.6 Å². The van der Waals surface area contributed by atoms with Crippen LogP contribution in [0.4, 0.5) is 0 Å². The van der Waals surface area contributed by atoms with E-state index in [2.05, 4.69) is 9.89 Å². The molecule has 4 N–H and O–H groups in total. The van der Waals surface area contributed by atoms with Gasteiger partial charge in [0.25, 0.3) is 5.88 Å². The van der Waals surface area contributed by atoms with E-state index in [0.29, 0.717) is 24.7 Å². The SMILES string of the molecule is CC(=NC1CCC(N2CCOCC2)C1)C(=C(N)OCCCN)[N+](=O)[O-]. The van der Waals surface area contributed by atoms with Gasteiger partial charge in [-0.3, -0.25) is 20.0 Å². The third-order valence-electron chi connectivity index (χ3n) is 4.68. The van der Waals surface area contributed by atoms with E-state index in [1.54, 1.807) is 6.92 Å². The van der Waals surface area contributed by atoms with Crippen LogP contribution in [0.3, 0.4) is 0 Å². The van der Waals surface area contributed by atoms with Gasteiger partial charge >= 0.3 is 5.70 Å². The Bertz CT molecular complexity index is 517. The Hall–Kier alpha value is -1.71. The van der Waals surface area contributed by atoms with E-state index in [1.165, 1.54) is 0 Å². The Morgan fingerprint density at radius 2 is 2.12 bits per heavy atom. The largest absolute Gasteiger partial charge is 0.474 e. The molecule has 2 rings (SSSR count). The molecule has 1 aliphatic heterocycles. The van der Waals surface area contributed by atoms with E-state index < -0.39 is 4.92 Å². The average molecular weight is 355 g/mol. The molecular weight excluding hydrogens is 326 g/mol. The molecule has 9 nitrogen and oxygen atoms in total. The Morgan fingerprint density at radius 1 is 1.40 bits per heavy atom. The van der Waals surface area contributed by atoms with Crippen LogP contribution in [-0.2, 0) is 9.47 Å². The minimum atomic E-state index is -0.523. The van der Waals surface area contributed by atoms with E-state index >= 15 is 0 Å². The van der Waals surface area contributed by atoms with E-state index in [-0.39, 0.29) is 24.2 Å². The highest BCUT2D eigenvalue weighted by Crippen LogP contribution is 2.27. The minimum absolute atomic E-state index is 0.0830. The lowest BCUT2D eigenvalue weighted by atomic mass is 10.2. The molecule has 0 amide bonds. The predicted molar refractivity (Wildman–Crippen MR) is 94.8 cm³/mol. The van der Waals surface area contributed by atoms with Crippen molar-refractivity contribution < 1.29 is 14.4 Å². The number of nitro groups is 1. The monoisotopic (exact) mass is 355 g/mol. The summed E-state index contributed by atoms with van der Waals surface area (Å²) in [7, 11) is 0. The fourth-order valence-electron chi connectivity index (χ4n) is 3.40. The summed E-state index contributed by atoms with van der Waals surface area (Å²) in [5.41, 5.74) is 11.2. The number of aliphatic imine (C=N–C) groups is 1. The molecule has 2 atom stereocenters. The summed E-state index contributed by atoms with van der Waals surface area (Å²) in [5, 5.41) is 11.4. The number of hydrogen-bond donors (Lipinski definition) is 2. The van der Waals surface area contributed by atoms with Crippen molar-refractivity contribution in [3.63, 3.8) is 0 Å². The number of nitrogens with two attached hydrogens (primary N) is 2. The molecule has 1 heterocycles. The second-order valence-electron chi connectivity index (χ2n) is 6.44. The smallest absolute Gasteiger partial charge is 0.348 e. The molecule has 2 aliphatic rings. The normalized spacial score (nSPS) is 26.4. The fourth-order valence-corrected chi connectivity index (χ4v) is 3.40. The van der Waals surface area contributed by atoms with Gasteiger partial charge in [-0.15, -0.1) is 0 Å². The van der Waals surface area contributed by atoms with Crippen LogP contribution in [0, 0.1) is 10.1 Å². The van der Waals surface area contributed by atoms with Gasteiger partial charge in [-0.1, -0.05) is 0 Å². The maximum Gasteiger partial charge on any atom is 0.348 e. The van der Waals surface area contributed by atoms with Gasteiger partial charge in [0.15, 0.2) is 0 Å². The fraction of sp³-hybridized carbons (Fsp3) is 0.812. The van der Waals surface area contributed by atoms with Crippen molar-refractivity contribution in [1.29, 1.82) is 0 Å². The maximum atomic E-state index is 11.4. The van der Waals surface area contributed by atoms with Crippen molar-refractivity contribution in [3.8, 4) is 0 Å². The van der Waals surface area contributed by atoms with Gasteiger partial charge < -0.3 is 20.9 Å². The van der Waals surface area contributed by atoms with Crippen LogP contribution in [0.5, 0.6) is 0 Å². The number of hydrogen-bond acceptors (Lipinski definition) is 8. The summed E-state index contributed by atoms with van der Waals surface area (Å²) in [6, 6.07) is 0.561. The second-order valence-corrected chi connectivity index (χ2v) is 6.44. The van der Waals surface area contributed by atoms with Crippen molar-refractivity contribution >= 4 is 5.71 Å². The molecule has 0 bridgehead atoms. The van der Waals surface area contributed by atoms with E-state index in [4.69, 9.17) is 20.9 Å². The number of nitrogens with zero attached hydrogens (tertiary/aromatic N) is 3. The number of ether oxygens (including phenoxy) is 2. The Labute approximate surface area is 148 Å². The Balaban J connectivity index is 1.99. The molecule has 0 aromatic rings. The highest BCUT2D eigenvalue weighted by Gasteiger charge is 2.31. The molecule has 2 fully saturated rings. The van der Waals surface area contributed by atoms with Gasteiger partial charge in [-0.25, -0.2) is 0 Å². The van der Waals surface area contributed by atoms with Crippen LogP contribution in [0.2, 0.25) is 0 Å².